The molecular formula is C23H23N3O3. The Morgan fingerprint density at radius 3 is 2.62 bits per heavy atom. The van der Waals surface area contributed by atoms with Gasteiger partial charge < -0.3 is 9.64 Å². The van der Waals surface area contributed by atoms with Gasteiger partial charge >= 0.3 is 0 Å². The molecule has 4 rings (SSSR count). The predicted molar refractivity (Wildman–Crippen MR) is 111 cm³/mol. The predicted octanol–water partition coefficient (Wildman–Crippen LogP) is 2.94. The Balaban J connectivity index is 1.37. The molecule has 1 fully saturated rings. The zero-order valence-corrected chi connectivity index (χ0v) is 16.3. The summed E-state index contributed by atoms with van der Waals surface area (Å²) in [5.41, 5.74) is 2.65. The molecule has 148 valence electrons. The monoisotopic (exact) mass is 389 g/mol. The quantitative estimate of drug-likeness (QED) is 0.650. The lowest BCUT2D eigenvalue weighted by atomic mass is 10.1. The molecule has 6 heteroatoms. The number of likely N-dealkylation sites (tertiary alicyclic amines) is 1. The van der Waals surface area contributed by atoms with E-state index >= 15 is 0 Å². The van der Waals surface area contributed by atoms with E-state index in [1.54, 1.807) is 24.1 Å². The fraction of sp³-hybridized carbons (Fsp3) is 0.261. The molecule has 0 unspecified atom stereocenters. The molecule has 0 radical (unpaired) electrons. The van der Waals surface area contributed by atoms with Gasteiger partial charge in [-0.2, -0.15) is 5.10 Å². The van der Waals surface area contributed by atoms with Crippen LogP contribution in [0, 0.1) is 0 Å². The number of nitrogens with zero attached hydrogens (tertiary/aromatic N) is 3. The van der Waals surface area contributed by atoms with Crippen LogP contribution in [0.25, 0.3) is 11.3 Å². The number of benzene rings is 2. The van der Waals surface area contributed by atoms with Gasteiger partial charge in [0.15, 0.2) is 0 Å². The van der Waals surface area contributed by atoms with E-state index in [0.717, 1.165) is 22.6 Å². The Morgan fingerprint density at radius 1 is 1.07 bits per heavy atom. The highest BCUT2D eigenvalue weighted by atomic mass is 16.5. The third kappa shape index (κ3) is 4.21. The first kappa shape index (κ1) is 18.9. The molecule has 0 N–H and O–H groups in total. The average Bonchev–Trinajstić information content (AvgIpc) is 2.73. The van der Waals surface area contributed by atoms with Gasteiger partial charge in [0.05, 0.1) is 18.8 Å². The lowest BCUT2D eigenvalue weighted by Crippen LogP contribution is -2.53. The summed E-state index contributed by atoms with van der Waals surface area (Å²) in [6.07, 6.45) is 1.10. The highest BCUT2D eigenvalue weighted by Gasteiger charge is 2.33. The summed E-state index contributed by atoms with van der Waals surface area (Å²) < 4.78 is 6.73. The number of amides is 1. The Bertz CT molecular complexity index is 1060. The third-order valence-electron chi connectivity index (χ3n) is 5.22. The van der Waals surface area contributed by atoms with Crippen molar-refractivity contribution in [3.8, 4) is 17.0 Å². The number of aryl methyl sites for hydroxylation is 1. The van der Waals surface area contributed by atoms with Crippen LogP contribution in [0.5, 0.6) is 5.75 Å². The summed E-state index contributed by atoms with van der Waals surface area (Å²) in [4.78, 5) is 26.5. The number of hydrogen-bond donors (Lipinski definition) is 0. The van der Waals surface area contributed by atoms with Gasteiger partial charge in [0.1, 0.15) is 5.75 Å². The average molecular weight is 389 g/mol. The van der Waals surface area contributed by atoms with E-state index in [1.807, 2.05) is 54.6 Å². The van der Waals surface area contributed by atoms with Crippen molar-refractivity contribution in [1.29, 1.82) is 0 Å². The molecule has 2 heterocycles. The second-order valence-electron chi connectivity index (χ2n) is 7.17. The fourth-order valence-electron chi connectivity index (χ4n) is 3.50. The van der Waals surface area contributed by atoms with Crippen molar-refractivity contribution < 1.29 is 9.53 Å². The van der Waals surface area contributed by atoms with E-state index in [4.69, 9.17) is 4.74 Å². The van der Waals surface area contributed by atoms with Crippen LogP contribution in [0.1, 0.15) is 18.0 Å². The minimum Gasteiger partial charge on any atom is -0.497 e. The summed E-state index contributed by atoms with van der Waals surface area (Å²) in [6, 6.07) is 20.7. The van der Waals surface area contributed by atoms with Crippen LogP contribution in [0.3, 0.4) is 0 Å². The first-order valence-electron chi connectivity index (χ1n) is 9.70. The summed E-state index contributed by atoms with van der Waals surface area (Å²) >= 11 is 0. The van der Waals surface area contributed by atoms with Gasteiger partial charge in [-0.05, 0) is 30.2 Å². The Morgan fingerprint density at radius 2 is 1.86 bits per heavy atom. The van der Waals surface area contributed by atoms with Gasteiger partial charge in [-0.15, -0.1) is 0 Å². The van der Waals surface area contributed by atoms with Crippen LogP contribution in [-0.2, 0) is 11.2 Å². The normalized spacial score (nSPS) is 13.8. The van der Waals surface area contributed by atoms with Crippen LogP contribution in [-0.4, -0.2) is 40.8 Å². The molecule has 6 nitrogen and oxygen atoms in total. The Kier molecular flexibility index (Phi) is 5.42. The molecule has 1 amide bonds. The lowest BCUT2D eigenvalue weighted by Gasteiger charge is -2.39. The summed E-state index contributed by atoms with van der Waals surface area (Å²) in [6.45, 7) is 1.03. The number of aromatic nitrogens is 2. The van der Waals surface area contributed by atoms with Crippen molar-refractivity contribution in [2.75, 3.05) is 20.2 Å². The molecule has 3 aromatic rings. The molecule has 1 aromatic heterocycles. The van der Waals surface area contributed by atoms with Crippen molar-refractivity contribution in [2.45, 2.75) is 18.9 Å². The highest BCUT2D eigenvalue weighted by molar-refractivity contribution is 5.77. The molecule has 0 atom stereocenters. The lowest BCUT2D eigenvalue weighted by molar-refractivity contribution is -0.137. The van der Waals surface area contributed by atoms with Crippen molar-refractivity contribution in [3.05, 3.63) is 82.6 Å². The first-order valence-corrected chi connectivity index (χ1v) is 9.70. The molecular weight excluding hydrogens is 366 g/mol. The summed E-state index contributed by atoms with van der Waals surface area (Å²) in [5, 5.41) is 4.52. The van der Waals surface area contributed by atoms with E-state index < -0.39 is 0 Å². The van der Waals surface area contributed by atoms with Gasteiger partial charge in [0.2, 0.25) is 5.91 Å². The maximum absolute atomic E-state index is 12.5. The zero-order valence-electron chi connectivity index (χ0n) is 16.3. The summed E-state index contributed by atoms with van der Waals surface area (Å²) in [5.74, 6) is 0.888. The molecule has 1 aliphatic heterocycles. The molecule has 0 saturated carbocycles. The minimum atomic E-state index is -0.141. The van der Waals surface area contributed by atoms with Crippen LogP contribution < -0.4 is 10.3 Å². The molecule has 0 spiro atoms. The maximum Gasteiger partial charge on any atom is 0.267 e. The smallest absolute Gasteiger partial charge is 0.267 e. The SMILES string of the molecule is COc1cccc(CCC(=O)N2CC(n3nc(-c4ccccc4)ccc3=O)C2)c1. The van der Waals surface area contributed by atoms with E-state index in [0.29, 0.717) is 25.9 Å². The van der Waals surface area contributed by atoms with Gasteiger partial charge in [0.25, 0.3) is 5.56 Å². The van der Waals surface area contributed by atoms with Gasteiger partial charge in [0, 0.05) is 31.1 Å². The van der Waals surface area contributed by atoms with Crippen molar-refractivity contribution >= 4 is 5.91 Å². The number of methoxy groups -OCH3 is 1. The van der Waals surface area contributed by atoms with Crippen molar-refractivity contribution in [1.82, 2.24) is 14.7 Å². The zero-order chi connectivity index (χ0) is 20.2. The number of ether oxygens (including phenoxy) is 1. The fourth-order valence-corrected chi connectivity index (χ4v) is 3.50. The summed E-state index contributed by atoms with van der Waals surface area (Å²) in [7, 11) is 1.63. The molecule has 29 heavy (non-hydrogen) atoms. The maximum atomic E-state index is 12.5. The Labute approximate surface area is 169 Å². The van der Waals surface area contributed by atoms with Crippen LogP contribution in [0.4, 0.5) is 0 Å². The van der Waals surface area contributed by atoms with Crippen molar-refractivity contribution in [3.63, 3.8) is 0 Å². The van der Waals surface area contributed by atoms with Gasteiger partial charge in [-0.3, -0.25) is 9.59 Å². The van der Waals surface area contributed by atoms with E-state index in [-0.39, 0.29) is 17.5 Å². The number of carbonyl (C=O) groups excluding carboxylic acids is 1. The number of carbonyl (C=O) groups is 1. The third-order valence-corrected chi connectivity index (χ3v) is 5.22. The largest absolute Gasteiger partial charge is 0.497 e. The molecule has 0 bridgehead atoms. The first-order chi connectivity index (χ1) is 14.1. The molecule has 2 aromatic carbocycles. The van der Waals surface area contributed by atoms with Crippen LogP contribution in [0.15, 0.2) is 71.5 Å². The molecule has 1 saturated heterocycles. The molecule has 1 aliphatic rings. The topological polar surface area (TPSA) is 64.4 Å². The van der Waals surface area contributed by atoms with Crippen LogP contribution >= 0.6 is 0 Å². The van der Waals surface area contributed by atoms with Gasteiger partial charge in [-0.1, -0.05) is 42.5 Å². The Hall–Kier alpha value is -3.41. The standard InChI is InChI=1S/C23H23N3O3/c1-29-20-9-5-6-17(14-20)10-12-22(27)25-15-19(16-25)26-23(28)13-11-21(24-26)18-7-3-2-4-8-18/h2-9,11,13-14,19H,10,12,15-16H2,1H3. The second kappa shape index (κ2) is 8.31. The van der Waals surface area contributed by atoms with E-state index in [1.165, 1.54) is 4.68 Å². The van der Waals surface area contributed by atoms with E-state index in [9.17, 15) is 9.59 Å². The van der Waals surface area contributed by atoms with Gasteiger partial charge in [-0.25, -0.2) is 4.68 Å². The minimum absolute atomic E-state index is 0.0769. The number of hydrogen-bond acceptors (Lipinski definition) is 4. The number of rotatable bonds is 6. The highest BCUT2D eigenvalue weighted by Crippen LogP contribution is 2.22. The van der Waals surface area contributed by atoms with Crippen LogP contribution in [0.2, 0.25) is 0 Å². The second-order valence-corrected chi connectivity index (χ2v) is 7.17. The molecule has 0 aliphatic carbocycles. The van der Waals surface area contributed by atoms with E-state index in [2.05, 4.69) is 5.10 Å². The van der Waals surface area contributed by atoms with Crippen molar-refractivity contribution in [2.24, 2.45) is 0 Å².